The van der Waals surface area contributed by atoms with E-state index in [-0.39, 0.29) is 0 Å². The van der Waals surface area contributed by atoms with Gasteiger partial charge in [-0.05, 0) is 143 Å². The number of benzene rings is 11. The highest BCUT2D eigenvalue weighted by Gasteiger charge is 2.19. The van der Waals surface area contributed by atoms with Crippen LogP contribution in [0.15, 0.2) is 218 Å². The van der Waals surface area contributed by atoms with E-state index in [9.17, 15) is 5.26 Å². The molecule has 0 radical (unpaired) electrons. The summed E-state index contributed by atoms with van der Waals surface area (Å²) >= 11 is 0. The molecular weight excluding hydrogens is 713 g/mol. The van der Waals surface area contributed by atoms with Crippen molar-refractivity contribution in [2.24, 2.45) is 0 Å². The topological polar surface area (TPSA) is 27.0 Å². The van der Waals surface area contributed by atoms with Crippen LogP contribution in [0.25, 0.3) is 87.2 Å². The molecule has 0 spiro atoms. The van der Waals surface area contributed by atoms with Crippen LogP contribution in [0.4, 0.5) is 17.1 Å². The first-order valence-electron chi connectivity index (χ1n) is 20.1. The van der Waals surface area contributed by atoms with E-state index in [4.69, 9.17) is 0 Å². The fourth-order valence-electron chi connectivity index (χ4n) is 8.99. The van der Waals surface area contributed by atoms with Gasteiger partial charge >= 0.3 is 0 Å². The predicted octanol–water partition coefficient (Wildman–Crippen LogP) is 15.8. The first-order valence-corrected chi connectivity index (χ1v) is 20.1. The molecule has 11 aromatic rings. The lowest BCUT2D eigenvalue weighted by atomic mass is 9.84. The average Bonchev–Trinajstić information content (AvgIpc) is 3.31. The zero-order chi connectivity index (χ0) is 39.3. The van der Waals surface area contributed by atoms with E-state index >= 15 is 0 Å². The van der Waals surface area contributed by atoms with Crippen molar-refractivity contribution in [3.8, 4) is 39.4 Å². The summed E-state index contributed by atoms with van der Waals surface area (Å²) in [6, 6.07) is 80.8. The molecule has 11 aromatic carbocycles. The van der Waals surface area contributed by atoms with Crippen molar-refractivity contribution < 1.29 is 0 Å². The van der Waals surface area contributed by atoms with Crippen LogP contribution in [0.1, 0.15) is 5.56 Å². The van der Waals surface area contributed by atoms with Crippen molar-refractivity contribution >= 4 is 70.9 Å². The summed E-state index contributed by atoms with van der Waals surface area (Å²) in [6.07, 6.45) is 0. The molecule has 59 heavy (non-hydrogen) atoms. The zero-order valence-electron chi connectivity index (χ0n) is 32.2. The molecule has 2 nitrogen and oxygen atoms in total. The van der Waals surface area contributed by atoms with Gasteiger partial charge in [0.25, 0.3) is 0 Å². The van der Waals surface area contributed by atoms with E-state index in [1.54, 1.807) is 0 Å². The van der Waals surface area contributed by atoms with Gasteiger partial charge in [-0.3, -0.25) is 0 Å². The minimum Gasteiger partial charge on any atom is -0.310 e. The lowest BCUT2D eigenvalue weighted by molar-refractivity contribution is 1.29. The zero-order valence-corrected chi connectivity index (χ0v) is 32.2. The molecule has 0 fully saturated rings. The Kier molecular flexibility index (Phi) is 8.24. The first kappa shape index (κ1) is 34.3. The number of hydrogen-bond donors (Lipinski definition) is 0. The van der Waals surface area contributed by atoms with Gasteiger partial charge in [0.05, 0.1) is 17.3 Å². The minimum atomic E-state index is 0.637. The SMILES string of the molecule is N#Cc1ccc(N(c2ccc(-c3ccc4c(-c5ccc6ccccc6c5)c5ccccc5c(-c5ccc6ccccc6c5)c4c3)cc2)c2cccc3ccccc23)cc1. The average molecular weight is 749 g/mol. The Balaban J connectivity index is 1.11. The van der Waals surface area contributed by atoms with Crippen LogP contribution >= 0.6 is 0 Å². The molecule has 0 atom stereocenters. The Bertz CT molecular complexity index is 3440. The van der Waals surface area contributed by atoms with Crippen LogP contribution in [-0.4, -0.2) is 0 Å². The molecule has 0 unspecified atom stereocenters. The Morgan fingerprint density at radius 1 is 0.305 bits per heavy atom. The molecule has 0 heterocycles. The van der Waals surface area contributed by atoms with Crippen LogP contribution in [-0.2, 0) is 0 Å². The molecule has 0 amide bonds. The highest BCUT2D eigenvalue weighted by atomic mass is 15.1. The fraction of sp³-hybridized carbons (Fsp3) is 0. The van der Waals surface area contributed by atoms with Gasteiger partial charge in [0.1, 0.15) is 0 Å². The fourth-order valence-corrected chi connectivity index (χ4v) is 8.99. The summed E-state index contributed by atoms with van der Waals surface area (Å²) in [4.78, 5) is 2.29. The van der Waals surface area contributed by atoms with E-state index < -0.39 is 0 Å². The van der Waals surface area contributed by atoms with Gasteiger partial charge in [-0.25, -0.2) is 0 Å². The quantitative estimate of drug-likeness (QED) is 0.158. The minimum absolute atomic E-state index is 0.637. The van der Waals surface area contributed by atoms with Crippen molar-refractivity contribution in [2.45, 2.75) is 0 Å². The molecule has 0 saturated carbocycles. The van der Waals surface area contributed by atoms with Gasteiger partial charge in [0, 0.05) is 16.8 Å². The summed E-state index contributed by atoms with van der Waals surface area (Å²) in [7, 11) is 0. The van der Waals surface area contributed by atoms with Crippen molar-refractivity contribution in [3.63, 3.8) is 0 Å². The number of rotatable bonds is 6. The summed E-state index contributed by atoms with van der Waals surface area (Å²) < 4.78 is 0. The Labute approximate surface area is 343 Å². The Hall–Kier alpha value is -7.99. The molecule has 0 aliphatic rings. The number of hydrogen-bond acceptors (Lipinski definition) is 2. The second-order valence-corrected chi connectivity index (χ2v) is 15.2. The molecule has 11 rings (SSSR count). The summed E-state index contributed by atoms with van der Waals surface area (Å²) in [6.45, 7) is 0. The van der Waals surface area contributed by atoms with E-state index in [2.05, 4.69) is 205 Å². The van der Waals surface area contributed by atoms with Crippen molar-refractivity contribution in [2.75, 3.05) is 4.90 Å². The molecule has 2 heteroatoms. The number of nitrogens with zero attached hydrogens (tertiary/aromatic N) is 2. The smallest absolute Gasteiger partial charge is 0.0991 e. The van der Waals surface area contributed by atoms with Crippen LogP contribution in [0.5, 0.6) is 0 Å². The van der Waals surface area contributed by atoms with Gasteiger partial charge in [0.2, 0.25) is 0 Å². The molecular formula is C57H36N2. The molecule has 0 aliphatic carbocycles. The second-order valence-electron chi connectivity index (χ2n) is 15.2. The third-order valence-electron chi connectivity index (χ3n) is 11.8. The normalized spacial score (nSPS) is 11.4. The maximum absolute atomic E-state index is 9.57. The largest absolute Gasteiger partial charge is 0.310 e. The third kappa shape index (κ3) is 5.97. The van der Waals surface area contributed by atoms with Crippen LogP contribution in [0, 0.1) is 11.3 Å². The number of nitriles is 1. The first-order chi connectivity index (χ1) is 29.2. The Morgan fingerprint density at radius 2 is 0.763 bits per heavy atom. The summed E-state index contributed by atoms with van der Waals surface area (Å²) in [5, 5.41) is 21.8. The predicted molar refractivity (Wildman–Crippen MR) is 250 cm³/mol. The molecule has 0 saturated heterocycles. The number of anilines is 3. The van der Waals surface area contributed by atoms with E-state index in [0.29, 0.717) is 5.56 Å². The summed E-state index contributed by atoms with van der Waals surface area (Å²) in [5.74, 6) is 0. The standard InChI is InChI=1S/C57H36N2/c58-37-38-20-29-48(30-21-38)59(55-19-9-15-42-12-5-6-16-50(42)55)49-31-26-41(27-32-49)45-28-33-53-54(36-45)57(47-25-23-40-11-2-4-14-44(40)35-47)52-18-8-7-17-51(52)56(53)46-24-22-39-10-1-3-13-43(39)34-46/h1-36H. The molecule has 0 bridgehead atoms. The molecule has 0 aliphatic heterocycles. The Morgan fingerprint density at radius 3 is 1.37 bits per heavy atom. The monoisotopic (exact) mass is 748 g/mol. The highest BCUT2D eigenvalue weighted by Crippen LogP contribution is 2.46. The van der Waals surface area contributed by atoms with Crippen molar-refractivity contribution in [1.29, 1.82) is 5.26 Å². The van der Waals surface area contributed by atoms with Gasteiger partial charge in [-0.1, -0.05) is 158 Å². The van der Waals surface area contributed by atoms with Crippen molar-refractivity contribution in [3.05, 3.63) is 224 Å². The van der Waals surface area contributed by atoms with Gasteiger partial charge in [-0.15, -0.1) is 0 Å². The lowest BCUT2D eigenvalue weighted by Crippen LogP contribution is -2.10. The number of fused-ring (bicyclic) bond motifs is 5. The van der Waals surface area contributed by atoms with E-state index in [0.717, 1.165) is 33.6 Å². The van der Waals surface area contributed by atoms with Gasteiger partial charge < -0.3 is 4.90 Å². The van der Waals surface area contributed by atoms with Crippen LogP contribution in [0.2, 0.25) is 0 Å². The third-order valence-corrected chi connectivity index (χ3v) is 11.8. The molecule has 0 N–H and O–H groups in total. The molecule has 0 aromatic heterocycles. The van der Waals surface area contributed by atoms with Crippen LogP contribution in [0.3, 0.4) is 0 Å². The van der Waals surface area contributed by atoms with E-state index in [1.165, 1.54) is 70.7 Å². The van der Waals surface area contributed by atoms with Gasteiger partial charge in [0.15, 0.2) is 0 Å². The molecule has 274 valence electrons. The maximum Gasteiger partial charge on any atom is 0.0991 e. The maximum atomic E-state index is 9.57. The van der Waals surface area contributed by atoms with Crippen molar-refractivity contribution in [1.82, 2.24) is 0 Å². The highest BCUT2D eigenvalue weighted by molar-refractivity contribution is 6.22. The lowest BCUT2D eigenvalue weighted by Gasteiger charge is -2.27. The summed E-state index contributed by atoms with van der Waals surface area (Å²) in [5.41, 5.74) is 11.0. The van der Waals surface area contributed by atoms with Crippen LogP contribution < -0.4 is 4.90 Å². The van der Waals surface area contributed by atoms with E-state index in [1.807, 2.05) is 24.3 Å². The second kappa shape index (κ2) is 14.2. The van der Waals surface area contributed by atoms with Gasteiger partial charge in [-0.2, -0.15) is 5.26 Å².